The number of nitrogens with zero attached hydrogens (tertiary/aromatic N) is 1. The average Bonchev–Trinajstić information content (AvgIpc) is 2.92. The molecule has 0 spiro atoms. The molecule has 136 valence electrons. The molecule has 7 unspecified atom stereocenters. The highest BCUT2D eigenvalue weighted by molar-refractivity contribution is 5.31. The van der Waals surface area contributed by atoms with Gasteiger partial charge in [-0.2, -0.15) is 5.26 Å². The quantitative estimate of drug-likeness (QED) is 0.568. The molecule has 0 amide bonds. The molecule has 3 nitrogen and oxygen atoms in total. The first-order chi connectivity index (χ1) is 11.9. The second-order valence-corrected chi connectivity index (χ2v) is 9.30. The summed E-state index contributed by atoms with van der Waals surface area (Å²) in [6.45, 7) is 4.84. The van der Waals surface area contributed by atoms with Crippen LogP contribution in [0.25, 0.3) is 0 Å². The third-order valence-corrected chi connectivity index (χ3v) is 8.50. The van der Waals surface area contributed by atoms with Crippen LogP contribution in [0.15, 0.2) is 23.3 Å². The lowest BCUT2D eigenvalue weighted by molar-refractivity contribution is -0.0898. The van der Waals surface area contributed by atoms with Gasteiger partial charge in [0.25, 0.3) is 0 Å². The number of aliphatic hydroxyl groups is 1. The molecule has 3 fully saturated rings. The van der Waals surface area contributed by atoms with Gasteiger partial charge in [0, 0.05) is 13.2 Å². The van der Waals surface area contributed by atoms with Crippen LogP contribution < -0.4 is 0 Å². The van der Waals surface area contributed by atoms with Crippen LogP contribution in [-0.4, -0.2) is 24.4 Å². The number of allylic oxidation sites excluding steroid dienone is 3. The van der Waals surface area contributed by atoms with Crippen molar-refractivity contribution in [2.24, 2.45) is 28.6 Å². The molecule has 4 rings (SSSR count). The average molecular weight is 341 g/mol. The Labute approximate surface area is 151 Å². The summed E-state index contributed by atoms with van der Waals surface area (Å²) < 4.78 is 5.63. The summed E-state index contributed by atoms with van der Waals surface area (Å²) in [5.41, 5.74) is 3.27. The third kappa shape index (κ3) is 2.37. The van der Waals surface area contributed by atoms with E-state index >= 15 is 0 Å². The van der Waals surface area contributed by atoms with Crippen LogP contribution in [0.2, 0.25) is 0 Å². The summed E-state index contributed by atoms with van der Waals surface area (Å²) >= 11 is 0. The Morgan fingerprint density at radius 3 is 2.76 bits per heavy atom. The van der Waals surface area contributed by atoms with Crippen LogP contribution in [0.4, 0.5) is 0 Å². The molecule has 7 atom stereocenters. The Hall–Kier alpha value is -1.11. The second-order valence-electron chi connectivity index (χ2n) is 9.30. The maximum atomic E-state index is 10.4. The fourth-order valence-electron chi connectivity index (χ4n) is 7.07. The zero-order valence-corrected chi connectivity index (χ0v) is 15.8. The van der Waals surface area contributed by atoms with E-state index in [9.17, 15) is 5.11 Å². The van der Waals surface area contributed by atoms with Crippen molar-refractivity contribution >= 4 is 0 Å². The van der Waals surface area contributed by atoms with Gasteiger partial charge >= 0.3 is 0 Å². The minimum atomic E-state index is -0.355. The zero-order chi connectivity index (χ0) is 17.8. The largest absolute Gasteiger partial charge is 0.390 e. The van der Waals surface area contributed by atoms with Gasteiger partial charge in [-0.3, -0.25) is 0 Å². The summed E-state index contributed by atoms with van der Waals surface area (Å²) in [5, 5.41) is 19.6. The van der Waals surface area contributed by atoms with E-state index in [1.54, 1.807) is 7.11 Å². The number of ether oxygens (including phenoxy) is 1. The predicted octanol–water partition coefficient (Wildman–Crippen LogP) is 4.38. The van der Waals surface area contributed by atoms with Crippen molar-refractivity contribution < 1.29 is 9.84 Å². The van der Waals surface area contributed by atoms with E-state index in [-0.39, 0.29) is 23.0 Å². The van der Waals surface area contributed by atoms with Gasteiger partial charge in [-0.15, -0.1) is 0 Å². The Morgan fingerprint density at radius 2 is 2.04 bits per heavy atom. The SMILES string of the molecule is COC1CC2(C)C(=CCC3C4CCC(=CC#N)C4(C)CCC32)CC1O. The van der Waals surface area contributed by atoms with E-state index in [1.807, 2.05) is 6.08 Å². The monoisotopic (exact) mass is 341 g/mol. The van der Waals surface area contributed by atoms with Gasteiger partial charge in [0.2, 0.25) is 0 Å². The summed E-state index contributed by atoms with van der Waals surface area (Å²) in [7, 11) is 1.74. The molecule has 0 aromatic heterocycles. The Kier molecular flexibility index (Phi) is 4.13. The molecule has 0 saturated heterocycles. The van der Waals surface area contributed by atoms with Crippen molar-refractivity contribution in [2.45, 2.75) is 71.0 Å². The van der Waals surface area contributed by atoms with E-state index in [1.165, 1.54) is 30.4 Å². The Bertz CT molecular complexity index is 659. The van der Waals surface area contributed by atoms with Gasteiger partial charge in [0.1, 0.15) is 0 Å². The van der Waals surface area contributed by atoms with E-state index in [0.29, 0.717) is 17.8 Å². The van der Waals surface area contributed by atoms with Crippen molar-refractivity contribution in [3.05, 3.63) is 23.3 Å². The minimum Gasteiger partial charge on any atom is -0.390 e. The normalized spacial score (nSPS) is 50.4. The van der Waals surface area contributed by atoms with Gasteiger partial charge in [-0.25, -0.2) is 0 Å². The zero-order valence-electron chi connectivity index (χ0n) is 15.8. The number of fused-ring (bicyclic) bond motifs is 5. The summed E-state index contributed by atoms with van der Waals surface area (Å²) in [6, 6.07) is 2.29. The predicted molar refractivity (Wildman–Crippen MR) is 97.6 cm³/mol. The first kappa shape index (κ1) is 17.3. The van der Waals surface area contributed by atoms with Crippen LogP contribution in [0.5, 0.6) is 0 Å². The van der Waals surface area contributed by atoms with E-state index in [4.69, 9.17) is 10.00 Å². The molecule has 0 bridgehead atoms. The lowest BCUT2D eigenvalue weighted by Gasteiger charge is -2.58. The molecule has 4 aliphatic rings. The number of methoxy groups -OCH3 is 1. The molecular weight excluding hydrogens is 310 g/mol. The Morgan fingerprint density at radius 1 is 1.28 bits per heavy atom. The van der Waals surface area contributed by atoms with Gasteiger partial charge in [-0.05, 0) is 73.5 Å². The highest BCUT2D eigenvalue weighted by atomic mass is 16.5. The molecule has 0 aliphatic heterocycles. The van der Waals surface area contributed by atoms with Crippen LogP contribution in [-0.2, 0) is 4.74 Å². The lowest BCUT2D eigenvalue weighted by atomic mass is 9.47. The highest BCUT2D eigenvalue weighted by Gasteiger charge is 2.58. The van der Waals surface area contributed by atoms with Gasteiger partial charge < -0.3 is 9.84 Å². The maximum Gasteiger partial charge on any atom is 0.0911 e. The van der Waals surface area contributed by atoms with Crippen LogP contribution in [0, 0.1) is 39.9 Å². The smallest absolute Gasteiger partial charge is 0.0911 e. The number of nitriles is 1. The van der Waals surface area contributed by atoms with Crippen LogP contribution in [0.3, 0.4) is 0 Å². The summed E-state index contributed by atoms with van der Waals surface area (Å²) in [4.78, 5) is 0. The third-order valence-electron chi connectivity index (χ3n) is 8.50. The van der Waals surface area contributed by atoms with E-state index in [0.717, 1.165) is 25.7 Å². The number of hydrogen-bond donors (Lipinski definition) is 1. The minimum absolute atomic E-state index is 0.0353. The molecule has 25 heavy (non-hydrogen) atoms. The molecule has 0 heterocycles. The molecule has 0 aromatic rings. The summed E-state index contributed by atoms with van der Waals surface area (Å²) in [6.07, 6.45) is 11.6. The van der Waals surface area contributed by atoms with Gasteiger partial charge in [-0.1, -0.05) is 31.1 Å². The molecule has 1 N–H and O–H groups in total. The summed E-state index contributed by atoms with van der Waals surface area (Å²) in [5.74, 6) is 2.11. The van der Waals surface area contributed by atoms with Crippen molar-refractivity contribution in [3.63, 3.8) is 0 Å². The van der Waals surface area contributed by atoms with E-state index < -0.39 is 0 Å². The van der Waals surface area contributed by atoms with Crippen molar-refractivity contribution in [1.82, 2.24) is 0 Å². The molecule has 3 saturated carbocycles. The molecule has 3 heteroatoms. The first-order valence-corrected chi connectivity index (χ1v) is 9.93. The van der Waals surface area contributed by atoms with Crippen molar-refractivity contribution in [2.75, 3.05) is 7.11 Å². The van der Waals surface area contributed by atoms with Crippen molar-refractivity contribution in [3.8, 4) is 6.07 Å². The van der Waals surface area contributed by atoms with Crippen LogP contribution in [0.1, 0.15) is 58.8 Å². The topological polar surface area (TPSA) is 53.2 Å². The van der Waals surface area contributed by atoms with E-state index in [2.05, 4.69) is 26.0 Å². The number of aliphatic hydroxyl groups excluding tert-OH is 1. The maximum absolute atomic E-state index is 10.4. The first-order valence-electron chi connectivity index (χ1n) is 9.93. The number of hydrogen-bond acceptors (Lipinski definition) is 3. The van der Waals surface area contributed by atoms with Gasteiger partial charge in [0.15, 0.2) is 0 Å². The lowest BCUT2D eigenvalue weighted by Crippen LogP contribution is -2.52. The van der Waals surface area contributed by atoms with Gasteiger partial charge in [0.05, 0.1) is 18.3 Å². The standard InChI is InChI=1S/C22H31NO2/c1-21-10-8-18-16(17(21)7-5-14(21)9-11-23)6-4-15-12-19(24)20(25-3)13-22(15,18)2/h4,9,16-20,24H,5-8,10,12-13H2,1-3H3. The highest BCUT2D eigenvalue weighted by Crippen LogP contribution is 2.66. The second kappa shape index (κ2) is 5.96. The molecular formula is C22H31NO2. The Balaban J connectivity index is 1.67. The fraction of sp³-hybridized carbons (Fsp3) is 0.773. The molecule has 0 aromatic carbocycles. The van der Waals surface area contributed by atoms with Crippen LogP contribution >= 0.6 is 0 Å². The fourth-order valence-corrected chi connectivity index (χ4v) is 7.07. The molecule has 0 radical (unpaired) electrons. The number of rotatable bonds is 1. The van der Waals surface area contributed by atoms with Crippen molar-refractivity contribution in [1.29, 1.82) is 5.26 Å². The molecule has 4 aliphatic carbocycles.